The molecule has 0 saturated carbocycles. The lowest BCUT2D eigenvalue weighted by molar-refractivity contribution is -0.123. The maximum atomic E-state index is 12.6. The van der Waals surface area contributed by atoms with E-state index in [1.54, 1.807) is 30.3 Å². The van der Waals surface area contributed by atoms with E-state index in [1.165, 1.54) is 12.1 Å². The van der Waals surface area contributed by atoms with Crippen LogP contribution < -0.4 is 10.6 Å². The fourth-order valence-corrected chi connectivity index (χ4v) is 5.47. The predicted octanol–water partition coefficient (Wildman–Crippen LogP) is 5.67. The molecule has 1 saturated heterocycles. The topological polar surface area (TPSA) is 98.7 Å². The van der Waals surface area contributed by atoms with Crippen LogP contribution in [0.3, 0.4) is 0 Å². The van der Waals surface area contributed by atoms with Crippen LogP contribution in [0.5, 0.6) is 5.75 Å². The molecule has 206 valence electrons. The van der Waals surface area contributed by atoms with Crippen LogP contribution in [0.25, 0.3) is 0 Å². The van der Waals surface area contributed by atoms with Crippen LogP contribution in [0.2, 0.25) is 0 Å². The Balaban J connectivity index is 1.33. The summed E-state index contributed by atoms with van der Waals surface area (Å²) < 4.78 is 0. The molecule has 1 fully saturated rings. The Kier molecular flexibility index (Phi) is 9.71. The van der Waals surface area contributed by atoms with E-state index in [-0.39, 0.29) is 46.0 Å². The molecule has 0 spiro atoms. The van der Waals surface area contributed by atoms with Crippen molar-refractivity contribution >= 4 is 23.3 Å². The van der Waals surface area contributed by atoms with Crippen LogP contribution in [0, 0.1) is 0 Å². The number of nitrogens with one attached hydrogen (secondary N) is 2. The molecule has 2 amide bonds. The molecular formula is C31H43N3O4. The third kappa shape index (κ3) is 7.90. The normalized spacial score (nSPS) is 17.1. The minimum Gasteiger partial charge on any atom is -0.507 e. The van der Waals surface area contributed by atoms with E-state index in [0.29, 0.717) is 24.1 Å². The second-order valence-corrected chi connectivity index (χ2v) is 11.7. The summed E-state index contributed by atoms with van der Waals surface area (Å²) >= 11 is 0. The first kappa shape index (κ1) is 29.4. The Morgan fingerprint density at radius 3 is 2.03 bits per heavy atom. The summed E-state index contributed by atoms with van der Waals surface area (Å²) in [7, 11) is 2.16. The average molecular weight is 522 g/mol. The highest BCUT2D eigenvalue weighted by molar-refractivity contribution is 6.11. The third-order valence-corrected chi connectivity index (χ3v) is 7.79. The zero-order valence-corrected chi connectivity index (χ0v) is 23.5. The van der Waals surface area contributed by atoms with Crippen molar-refractivity contribution in [3.05, 3.63) is 59.7 Å². The number of hydrogen-bond acceptors (Lipinski definition) is 5. The van der Waals surface area contributed by atoms with Gasteiger partial charge in [0.2, 0.25) is 11.8 Å². The van der Waals surface area contributed by atoms with Crippen molar-refractivity contribution in [3.8, 4) is 5.75 Å². The quantitative estimate of drug-likeness (QED) is 0.261. The maximum absolute atomic E-state index is 12.6. The van der Waals surface area contributed by atoms with Crippen molar-refractivity contribution in [1.82, 2.24) is 10.2 Å². The highest BCUT2D eigenvalue weighted by Gasteiger charge is 2.43. The first-order chi connectivity index (χ1) is 17.9. The molecule has 2 aromatic carbocycles. The molecule has 1 aliphatic rings. The number of hydrogen-bond donors (Lipinski definition) is 3. The molecule has 3 rings (SSSR count). The van der Waals surface area contributed by atoms with E-state index in [0.717, 1.165) is 38.5 Å². The number of carbonyl (C=O) groups excluding carboxylic acids is 3. The zero-order valence-electron chi connectivity index (χ0n) is 23.5. The number of ketones is 1. The zero-order chi connectivity index (χ0) is 27.9. The number of rotatable bonds is 11. The summed E-state index contributed by atoms with van der Waals surface area (Å²) in [5.74, 6) is -0.467. The molecule has 38 heavy (non-hydrogen) atoms. The minimum atomic E-state index is -0.270. The second kappa shape index (κ2) is 12.6. The summed E-state index contributed by atoms with van der Waals surface area (Å²) in [4.78, 5) is 39.8. The number of nitrogens with zero attached hydrogens (tertiary/aromatic N) is 1. The predicted molar refractivity (Wildman–Crippen MR) is 151 cm³/mol. The molecule has 0 unspecified atom stereocenters. The van der Waals surface area contributed by atoms with Crippen LogP contribution in [0.4, 0.5) is 5.69 Å². The van der Waals surface area contributed by atoms with Crippen LogP contribution in [-0.2, 0) is 9.59 Å². The Hall–Kier alpha value is -3.19. The number of anilines is 1. The number of phenols is 1. The van der Waals surface area contributed by atoms with Gasteiger partial charge >= 0.3 is 0 Å². The van der Waals surface area contributed by atoms with Gasteiger partial charge in [-0.25, -0.2) is 0 Å². The third-order valence-electron chi connectivity index (χ3n) is 7.79. The van der Waals surface area contributed by atoms with Gasteiger partial charge in [-0.05, 0) is 72.6 Å². The van der Waals surface area contributed by atoms with Gasteiger partial charge in [0.1, 0.15) is 5.75 Å². The van der Waals surface area contributed by atoms with Gasteiger partial charge < -0.3 is 15.7 Å². The first-order valence-corrected chi connectivity index (χ1v) is 13.6. The van der Waals surface area contributed by atoms with Gasteiger partial charge in [-0.3, -0.25) is 19.3 Å². The number of piperidine rings is 1. The van der Waals surface area contributed by atoms with Crippen LogP contribution in [-0.4, -0.2) is 51.8 Å². The van der Waals surface area contributed by atoms with Crippen molar-refractivity contribution in [2.75, 3.05) is 12.4 Å². The summed E-state index contributed by atoms with van der Waals surface area (Å²) in [5.41, 5.74) is 1.23. The molecule has 7 heteroatoms. The van der Waals surface area contributed by atoms with Gasteiger partial charge in [-0.15, -0.1) is 0 Å². The summed E-state index contributed by atoms with van der Waals surface area (Å²) in [5, 5.41) is 16.3. The molecule has 0 aromatic heterocycles. The van der Waals surface area contributed by atoms with Crippen LogP contribution >= 0.6 is 0 Å². The number of unbranched alkanes of at least 4 members (excludes halogenated alkanes) is 3. The SMILES string of the molecule is CN1C(C)(C)CC(NC(=O)CCCCCCC(=O)Nc2ccc(C(=O)c3ccccc3)c(O)c2)CC1(C)C. The molecule has 2 aromatic rings. The van der Waals surface area contributed by atoms with Gasteiger partial charge in [0, 0.05) is 47.3 Å². The number of carbonyl (C=O) groups is 3. The smallest absolute Gasteiger partial charge is 0.224 e. The van der Waals surface area contributed by atoms with E-state index in [4.69, 9.17) is 0 Å². The Morgan fingerprint density at radius 2 is 1.45 bits per heavy atom. The lowest BCUT2D eigenvalue weighted by Crippen LogP contribution is -2.62. The molecule has 1 heterocycles. The van der Waals surface area contributed by atoms with E-state index in [2.05, 4.69) is 50.3 Å². The highest BCUT2D eigenvalue weighted by atomic mass is 16.3. The van der Waals surface area contributed by atoms with Crippen molar-refractivity contribution in [1.29, 1.82) is 0 Å². The number of likely N-dealkylation sites (tertiary alicyclic amines) is 1. The van der Waals surface area contributed by atoms with E-state index >= 15 is 0 Å². The molecule has 0 bridgehead atoms. The molecule has 7 nitrogen and oxygen atoms in total. The van der Waals surface area contributed by atoms with Gasteiger partial charge in [-0.2, -0.15) is 0 Å². The number of amides is 2. The number of benzene rings is 2. The van der Waals surface area contributed by atoms with Crippen LogP contribution in [0.1, 0.15) is 95.0 Å². The molecule has 3 N–H and O–H groups in total. The first-order valence-electron chi connectivity index (χ1n) is 13.6. The summed E-state index contributed by atoms with van der Waals surface area (Å²) in [6.07, 6.45) is 6.03. The number of aromatic hydroxyl groups is 1. The van der Waals surface area contributed by atoms with Crippen LogP contribution in [0.15, 0.2) is 48.5 Å². The molecule has 0 aliphatic carbocycles. The Labute approximate surface area is 227 Å². The maximum Gasteiger partial charge on any atom is 0.224 e. The molecular weight excluding hydrogens is 478 g/mol. The lowest BCUT2D eigenvalue weighted by Gasteiger charge is -2.53. The average Bonchev–Trinajstić information content (AvgIpc) is 2.84. The van der Waals surface area contributed by atoms with E-state index < -0.39 is 0 Å². The van der Waals surface area contributed by atoms with E-state index in [9.17, 15) is 19.5 Å². The minimum absolute atomic E-state index is 0.0423. The highest BCUT2D eigenvalue weighted by Crippen LogP contribution is 2.36. The Morgan fingerprint density at radius 1 is 0.868 bits per heavy atom. The Bertz CT molecular complexity index is 1110. The van der Waals surface area contributed by atoms with Crippen molar-refractivity contribution < 1.29 is 19.5 Å². The lowest BCUT2D eigenvalue weighted by atomic mass is 9.77. The van der Waals surface area contributed by atoms with Gasteiger partial charge in [0.15, 0.2) is 5.78 Å². The summed E-state index contributed by atoms with van der Waals surface area (Å²) in [6.45, 7) is 8.92. The second-order valence-electron chi connectivity index (χ2n) is 11.7. The number of phenolic OH excluding ortho intramolecular Hbond substituents is 1. The largest absolute Gasteiger partial charge is 0.507 e. The molecule has 1 aliphatic heterocycles. The van der Waals surface area contributed by atoms with Gasteiger partial charge in [0.05, 0.1) is 5.56 Å². The molecule has 0 atom stereocenters. The van der Waals surface area contributed by atoms with E-state index in [1.807, 2.05) is 6.07 Å². The fourth-order valence-electron chi connectivity index (χ4n) is 5.47. The van der Waals surface area contributed by atoms with Crippen molar-refractivity contribution in [2.45, 2.75) is 96.2 Å². The van der Waals surface area contributed by atoms with Gasteiger partial charge in [-0.1, -0.05) is 43.2 Å². The molecule has 0 radical (unpaired) electrons. The monoisotopic (exact) mass is 521 g/mol. The van der Waals surface area contributed by atoms with Crippen molar-refractivity contribution in [3.63, 3.8) is 0 Å². The fraction of sp³-hybridized carbons (Fsp3) is 0.516. The van der Waals surface area contributed by atoms with Gasteiger partial charge in [0.25, 0.3) is 0 Å². The summed E-state index contributed by atoms with van der Waals surface area (Å²) in [6, 6.07) is 13.5. The standard InChI is InChI=1S/C31H43N3O4/c1-30(2)20-24(21-31(3,4)34(30)5)33-28(37)16-12-7-6-11-15-27(36)32-23-17-18-25(26(35)19-23)29(38)22-13-9-8-10-14-22/h8-10,13-14,17-19,24,35H,6-7,11-12,15-16,20-21H2,1-5H3,(H,32,36)(H,33,37). The van der Waals surface area contributed by atoms with Crippen molar-refractivity contribution in [2.24, 2.45) is 0 Å².